The number of nitrogens with one attached hydrogen (secondary N) is 2. The number of amides is 1. The molecule has 2 rings (SSSR count). The van der Waals surface area contributed by atoms with Crippen molar-refractivity contribution >= 4 is 5.91 Å². The molecule has 2 heterocycles. The first-order valence-electron chi connectivity index (χ1n) is 7.20. The minimum absolute atomic E-state index is 0.261. The Morgan fingerprint density at radius 3 is 2.59 bits per heavy atom. The summed E-state index contributed by atoms with van der Waals surface area (Å²) >= 11 is 0. The van der Waals surface area contributed by atoms with Gasteiger partial charge in [-0.25, -0.2) is 0 Å². The van der Waals surface area contributed by atoms with Crippen LogP contribution in [0.5, 0.6) is 0 Å². The maximum Gasteiger partial charge on any atom is 0.220 e. The lowest BCUT2D eigenvalue weighted by Crippen LogP contribution is -2.40. The molecule has 0 radical (unpaired) electrons. The fourth-order valence-electron chi connectivity index (χ4n) is 3.11. The second-order valence-corrected chi connectivity index (χ2v) is 6.00. The predicted molar refractivity (Wildman–Crippen MR) is 69.8 cm³/mol. The minimum atomic E-state index is 0.261. The van der Waals surface area contributed by atoms with Gasteiger partial charge in [0, 0.05) is 25.0 Å². The molecule has 0 spiro atoms. The van der Waals surface area contributed by atoms with Crippen LogP contribution >= 0.6 is 0 Å². The summed E-state index contributed by atoms with van der Waals surface area (Å²) in [7, 11) is 0. The summed E-state index contributed by atoms with van der Waals surface area (Å²) in [6.07, 6.45) is 6.91. The van der Waals surface area contributed by atoms with Crippen molar-refractivity contribution in [1.82, 2.24) is 10.6 Å². The van der Waals surface area contributed by atoms with Crippen LogP contribution in [0.3, 0.4) is 0 Å². The Hall–Kier alpha value is -0.570. The zero-order valence-electron chi connectivity index (χ0n) is 11.2. The van der Waals surface area contributed by atoms with E-state index in [0.717, 1.165) is 19.4 Å². The van der Waals surface area contributed by atoms with Crippen molar-refractivity contribution in [2.45, 2.75) is 64.5 Å². The first-order chi connectivity index (χ1) is 8.17. The first-order valence-corrected chi connectivity index (χ1v) is 7.20. The highest BCUT2D eigenvalue weighted by molar-refractivity contribution is 5.76. The predicted octanol–water partition coefficient (Wildman–Crippen LogP) is 2.07. The number of carbonyl (C=O) groups excluding carboxylic acids is 1. The van der Waals surface area contributed by atoms with E-state index in [1.165, 1.54) is 25.7 Å². The molecule has 98 valence electrons. The number of carbonyl (C=O) groups is 1. The van der Waals surface area contributed by atoms with Gasteiger partial charge in [0.15, 0.2) is 0 Å². The van der Waals surface area contributed by atoms with Gasteiger partial charge < -0.3 is 10.6 Å². The highest BCUT2D eigenvalue weighted by atomic mass is 16.1. The largest absolute Gasteiger partial charge is 0.356 e. The number of rotatable bonds is 5. The number of hydrogen-bond donors (Lipinski definition) is 2. The van der Waals surface area contributed by atoms with E-state index in [9.17, 15) is 4.79 Å². The normalized spacial score (nSPS) is 33.4. The van der Waals surface area contributed by atoms with E-state index in [1.54, 1.807) is 0 Å². The van der Waals surface area contributed by atoms with Crippen LogP contribution in [0.4, 0.5) is 0 Å². The second kappa shape index (κ2) is 5.85. The van der Waals surface area contributed by atoms with Crippen molar-refractivity contribution < 1.29 is 4.79 Å². The quantitative estimate of drug-likeness (QED) is 0.770. The van der Waals surface area contributed by atoms with Crippen molar-refractivity contribution in [3.8, 4) is 0 Å². The van der Waals surface area contributed by atoms with Gasteiger partial charge in [0.2, 0.25) is 5.91 Å². The number of hydrogen-bond acceptors (Lipinski definition) is 2. The lowest BCUT2D eigenvalue weighted by atomic mass is 9.89. The number of piperidine rings is 1. The Labute approximate surface area is 105 Å². The van der Waals surface area contributed by atoms with Crippen LogP contribution < -0.4 is 10.6 Å². The van der Waals surface area contributed by atoms with E-state index in [2.05, 4.69) is 24.5 Å². The van der Waals surface area contributed by atoms with Crippen LogP contribution in [0.15, 0.2) is 0 Å². The lowest BCUT2D eigenvalue weighted by molar-refractivity contribution is -0.122. The highest BCUT2D eigenvalue weighted by Crippen LogP contribution is 2.32. The first kappa shape index (κ1) is 12.9. The van der Waals surface area contributed by atoms with Crippen LogP contribution in [0.1, 0.15) is 52.4 Å². The monoisotopic (exact) mass is 238 g/mol. The van der Waals surface area contributed by atoms with Crippen LogP contribution in [0.2, 0.25) is 0 Å². The van der Waals surface area contributed by atoms with E-state index in [0.29, 0.717) is 23.9 Å². The molecule has 3 nitrogen and oxygen atoms in total. The summed E-state index contributed by atoms with van der Waals surface area (Å²) in [5, 5.41) is 6.69. The lowest BCUT2D eigenvalue weighted by Gasteiger charge is -2.28. The van der Waals surface area contributed by atoms with Gasteiger partial charge in [0.25, 0.3) is 0 Å². The highest BCUT2D eigenvalue weighted by Gasteiger charge is 2.34. The van der Waals surface area contributed by atoms with Gasteiger partial charge in [-0.15, -0.1) is 0 Å². The molecule has 3 heteroatoms. The molecule has 2 saturated heterocycles. The van der Waals surface area contributed by atoms with E-state index >= 15 is 0 Å². The molecule has 2 aliphatic heterocycles. The Morgan fingerprint density at radius 1 is 1.35 bits per heavy atom. The fraction of sp³-hybridized carbons (Fsp3) is 0.929. The molecule has 3 atom stereocenters. The molecule has 0 aromatic rings. The van der Waals surface area contributed by atoms with Crippen molar-refractivity contribution in [2.75, 3.05) is 6.54 Å². The van der Waals surface area contributed by atoms with E-state index in [1.807, 2.05) is 0 Å². The van der Waals surface area contributed by atoms with Gasteiger partial charge >= 0.3 is 0 Å². The molecule has 2 N–H and O–H groups in total. The average molecular weight is 238 g/mol. The van der Waals surface area contributed by atoms with Gasteiger partial charge in [-0.05, 0) is 37.5 Å². The second-order valence-electron chi connectivity index (χ2n) is 6.00. The van der Waals surface area contributed by atoms with Gasteiger partial charge in [-0.2, -0.15) is 0 Å². The Morgan fingerprint density at radius 2 is 2.00 bits per heavy atom. The van der Waals surface area contributed by atoms with Gasteiger partial charge in [0.05, 0.1) is 0 Å². The molecular formula is C14H26N2O. The Kier molecular flexibility index (Phi) is 4.43. The molecule has 2 bridgehead atoms. The topological polar surface area (TPSA) is 41.1 Å². The molecule has 0 aromatic carbocycles. The molecule has 17 heavy (non-hydrogen) atoms. The van der Waals surface area contributed by atoms with E-state index in [4.69, 9.17) is 0 Å². The fourth-order valence-corrected chi connectivity index (χ4v) is 3.11. The van der Waals surface area contributed by atoms with Crippen molar-refractivity contribution in [1.29, 1.82) is 0 Å². The summed E-state index contributed by atoms with van der Waals surface area (Å²) in [4.78, 5) is 11.8. The summed E-state index contributed by atoms with van der Waals surface area (Å²) in [6, 6.07) is 1.39. The number of fused-ring (bicyclic) bond motifs is 2. The molecular weight excluding hydrogens is 212 g/mol. The maximum absolute atomic E-state index is 11.8. The molecule has 2 aliphatic rings. The van der Waals surface area contributed by atoms with Gasteiger partial charge in [-0.1, -0.05) is 20.3 Å². The zero-order chi connectivity index (χ0) is 12.3. The van der Waals surface area contributed by atoms with Crippen molar-refractivity contribution in [3.63, 3.8) is 0 Å². The standard InChI is InChI=1S/C14H26N2O/c1-3-10(2)9-15-14(17)8-11-6-12-4-5-13(7-11)16-12/h10-13,16H,3-9H2,1-2H3,(H,15,17). The van der Waals surface area contributed by atoms with Crippen LogP contribution in [0, 0.1) is 11.8 Å². The summed E-state index contributed by atoms with van der Waals surface area (Å²) in [5.74, 6) is 1.48. The van der Waals surface area contributed by atoms with Crippen LogP contribution in [-0.4, -0.2) is 24.5 Å². The summed E-state index contributed by atoms with van der Waals surface area (Å²) in [6.45, 7) is 5.19. The molecule has 0 saturated carbocycles. The van der Waals surface area contributed by atoms with Gasteiger partial charge in [-0.3, -0.25) is 4.79 Å². The molecule has 1 amide bonds. The molecule has 0 aliphatic carbocycles. The Balaban J connectivity index is 1.68. The average Bonchev–Trinajstić information content (AvgIpc) is 2.65. The van der Waals surface area contributed by atoms with Crippen molar-refractivity contribution in [2.24, 2.45) is 11.8 Å². The SMILES string of the molecule is CCC(C)CNC(=O)CC1CC2CCC(C1)N2. The van der Waals surface area contributed by atoms with Crippen LogP contribution in [-0.2, 0) is 4.79 Å². The van der Waals surface area contributed by atoms with Crippen LogP contribution in [0.25, 0.3) is 0 Å². The smallest absolute Gasteiger partial charge is 0.220 e. The van der Waals surface area contributed by atoms with E-state index in [-0.39, 0.29) is 5.91 Å². The van der Waals surface area contributed by atoms with Crippen molar-refractivity contribution in [3.05, 3.63) is 0 Å². The third-order valence-electron chi connectivity index (χ3n) is 4.39. The summed E-state index contributed by atoms with van der Waals surface area (Å²) < 4.78 is 0. The Bertz CT molecular complexity index is 255. The zero-order valence-corrected chi connectivity index (χ0v) is 11.2. The molecule has 0 aromatic heterocycles. The third kappa shape index (κ3) is 3.70. The third-order valence-corrected chi connectivity index (χ3v) is 4.39. The summed E-state index contributed by atoms with van der Waals surface area (Å²) in [5.41, 5.74) is 0. The van der Waals surface area contributed by atoms with E-state index < -0.39 is 0 Å². The van der Waals surface area contributed by atoms with Gasteiger partial charge in [0.1, 0.15) is 0 Å². The molecule has 3 unspecified atom stereocenters. The maximum atomic E-state index is 11.8. The molecule has 2 fully saturated rings. The minimum Gasteiger partial charge on any atom is -0.356 e.